The number of fused-ring (bicyclic) bond motifs is 1. The number of carbonyl (C=O) groups excluding carboxylic acids is 2. The third-order valence-electron chi connectivity index (χ3n) is 5.03. The van der Waals surface area contributed by atoms with Crippen molar-refractivity contribution in [2.75, 3.05) is 19.6 Å². The third-order valence-corrected chi connectivity index (χ3v) is 5.03. The number of amides is 2. The number of nitrogens with one attached hydrogen (secondary N) is 1. The van der Waals surface area contributed by atoms with Crippen molar-refractivity contribution in [1.29, 1.82) is 0 Å². The molecule has 0 radical (unpaired) electrons. The van der Waals surface area contributed by atoms with Crippen LogP contribution in [0.2, 0.25) is 0 Å². The van der Waals surface area contributed by atoms with Crippen LogP contribution in [0.1, 0.15) is 39.0 Å². The molecule has 0 aromatic rings. The van der Waals surface area contributed by atoms with Crippen molar-refractivity contribution in [2.24, 2.45) is 17.3 Å². The van der Waals surface area contributed by atoms with Crippen LogP contribution < -0.4 is 5.32 Å². The van der Waals surface area contributed by atoms with E-state index in [1.165, 1.54) is 0 Å². The van der Waals surface area contributed by atoms with Crippen LogP contribution in [0.15, 0.2) is 0 Å². The van der Waals surface area contributed by atoms with Gasteiger partial charge >= 0.3 is 0 Å². The Morgan fingerprint density at radius 1 is 1.17 bits per heavy atom. The summed E-state index contributed by atoms with van der Waals surface area (Å²) in [4.78, 5) is 26.2. The zero-order valence-corrected chi connectivity index (χ0v) is 11.1. The van der Waals surface area contributed by atoms with Crippen LogP contribution in [0.25, 0.3) is 0 Å². The molecule has 100 valence electrons. The first-order chi connectivity index (χ1) is 8.61. The molecule has 0 spiro atoms. The van der Waals surface area contributed by atoms with Crippen LogP contribution in [0.4, 0.5) is 0 Å². The lowest BCUT2D eigenvalue weighted by Crippen LogP contribution is -2.45. The van der Waals surface area contributed by atoms with E-state index in [1.54, 1.807) is 4.90 Å². The molecule has 0 bridgehead atoms. The van der Waals surface area contributed by atoms with Crippen LogP contribution in [-0.4, -0.2) is 36.3 Å². The van der Waals surface area contributed by atoms with Crippen molar-refractivity contribution in [3.8, 4) is 0 Å². The second kappa shape index (κ2) is 4.34. The molecule has 2 saturated heterocycles. The standard InChI is InChI=1S/C14H22N2O2/c1-14(5-7-15-8-6-14)9-16-12(17)10-3-2-4-11(10)13(16)18/h10-11,15H,2-9H2,1H3. The summed E-state index contributed by atoms with van der Waals surface area (Å²) in [5, 5.41) is 3.34. The first kappa shape index (κ1) is 12.2. The maximum Gasteiger partial charge on any atom is 0.233 e. The summed E-state index contributed by atoms with van der Waals surface area (Å²) < 4.78 is 0. The van der Waals surface area contributed by atoms with E-state index >= 15 is 0 Å². The molecule has 0 aromatic carbocycles. The molecule has 0 aromatic heterocycles. The Bertz CT molecular complexity index is 352. The Labute approximate surface area is 108 Å². The minimum atomic E-state index is 0.0165. The molecule has 2 heterocycles. The van der Waals surface area contributed by atoms with Crippen LogP contribution in [-0.2, 0) is 9.59 Å². The number of nitrogens with zero attached hydrogens (tertiary/aromatic N) is 1. The number of likely N-dealkylation sites (tertiary alicyclic amines) is 1. The van der Waals surface area contributed by atoms with E-state index in [2.05, 4.69) is 12.2 Å². The van der Waals surface area contributed by atoms with Gasteiger partial charge < -0.3 is 5.32 Å². The molecule has 3 aliphatic rings. The van der Waals surface area contributed by atoms with E-state index in [4.69, 9.17) is 0 Å². The molecule has 2 aliphatic heterocycles. The average molecular weight is 250 g/mol. The van der Waals surface area contributed by atoms with Gasteiger partial charge in [0.25, 0.3) is 0 Å². The maximum absolute atomic E-state index is 12.3. The predicted octanol–water partition coefficient (Wildman–Crippen LogP) is 1.16. The first-order valence-corrected chi connectivity index (χ1v) is 7.17. The fourth-order valence-electron chi connectivity index (χ4n) is 3.79. The molecular formula is C14H22N2O2. The van der Waals surface area contributed by atoms with E-state index in [9.17, 15) is 9.59 Å². The monoisotopic (exact) mass is 250 g/mol. The maximum atomic E-state index is 12.3. The smallest absolute Gasteiger partial charge is 0.233 e. The summed E-state index contributed by atoms with van der Waals surface area (Å²) in [5.41, 5.74) is 0.120. The molecule has 1 saturated carbocycles. The van der Waals surface area contributed by atoms with E-state index in [0.29, 0.717) is 6.54 Å². The minimum absolute atomic E-state index is 0.0165. The van der Waals surface area contributed by atoms with Crippen LogP contribution in [0, 0.1) is 17.3 Å². The minimum Gasteiger partial charge on any atom is -0.317 e. The zero-order valence-electron chi connectivity index (χ0n) is 11.1. The van der Waals surface area contributed by atoms with E-state index in [0.717, 1.165) is 45.2 Å². The molecule has 1 N–H and O–H groups in total. The molecule has 2 amide bonds. The molecule has 3 rings (SSSR count). The lowest BCUT2D eigenvalue weighted by atomic mass is 9.80. The molecule has 3 fully saturated rings. The number of hydrogen-bond donors (Lipinski definition) is 1. The van der Waals surface area contributed by atoms with Crippen molar-refractivity contribution in [1.82, 2.24) is 10.2 Å². The summed E-state index contributed by atoms with van der Waals surface area (Å²) in [6.07, 6.45) is 4.99. The number of hydrogen-bond acceptors (Lipinski definition) is 3. The fraction of sp³-hybridized carbons (Fsp3) is 0.857. The van der Waals surface area contributed by atoms with E-state index in [1.807, 2.05) is 0 Å². The number of carbonyl (C=O) groups is 2. The lowest BCUT2D eigenvalue weighted by Gasteiger charge is -2.36. The van der Waals surface area contributed by atoms with Gasteiger partial charge in [0.1, 0.15) is 0 Å². The van der Waals surface area contributed by atoms with E-state index in [-0.39, 0.29) is 29.1 Å². The SMILES string of the molecule is CC1(CN2C(=O)C3CCCC3C2=O)CCNCC1. The molecular weight excluding hydrogens is 228 g/mol. The third kappa shape index (κ3) is 1.87. The van der Waals surface area contributed by atoms with Gasteiger partial charge in [-0.2, -0.15) is 0 Å². The largest absolute Gasteiger partial charge is 0.317 e. The highest BCUT2D eigenvalue weighted by atomic mass is 16.2. The molecule has 2 atom stereocenters. The van der Waals surface area contributed by atoms with Gasteiger partial charge in [0, 0.05) is 6.54 Å². The molecule has 4 heteroatoms. The summed E-state index contributed by atoms with van der Waals surface area (Å²) in [6, 6.07) is 0. The second-order valence-corrected chi connectivity index (χ2v) is 6.47. The Kier molecular flexibility index (Phi) is 2.93. The highest BCUT2D eigenvalue weighted by Gasteiger charge is 2.50. The zero-order chi connectivity index (χ0) is 12.8. The average Bonchev–Trinajstić information content (AvgIpc) is 2.91. The Morgan fingerprint density at radius 2 is 1.72 bits per heavy atom. The fourth-order valence-corrected chi connectivity index (χ4v) is 3.79. The van der Waals surface area contributed by atoms with Gasteiger partial charge in [-0.15, -0.1) is 0 Å². The van der Waals surface area contributed by atoms with Gasteiger partial charge in [-0.3, -0.25) is 14.5 Å². The highest BCUT2D eigenvalue weighted by Crippen LogP contribution is 2.41. The quantitative estimate of drug-likeness (QED) is 0.748. The van der Waals surface area contributed by atoms with Gasteiger partial charge in [-0.25, -0.2) is 0 Å². The van der Waals surface area contributed by atoms with Gasteiger partial charge in [0.2, 0.25) is 11.8 Å². The van der Waals surface area contributed by atoms with Crippen molar-refractivity contribution in [3.05, 3.63) is 0 Å². The Balaban J connectivity index is 1.73. The van der Waals surface area contributed by atoms with Crippen LogP contribution >= 0.6 is 0 Å². The van der Waals surface area contributed by atoms with E-state index < -0.39 is 0 Å². The first-order valence-electron chi connectivity index (χ1n) is 7.17. The van der Waals surface area contributed by atoms with Gasteiger partial charge in [-0.1, -0.05) is 13.3 Å². The van der Waals surface area contributed by atoms with Crippen LogP contribution in [0.5, 0.6) is 0 Å². The number of piperidine rings is 1. The number of imide groups is 1. The Hall–Kier alpha value is -0.900. The van der Waals surface area contributed by atoms with Gasteiger partial charge in [0.15, 0.2) is 0 Å². The summed E-state index contributed by atoms with van der Waals surface area (Å²) in [7, 11) is 0. The van der Waals surface area contributed by atoms with Crippen molar-refractivity contribution in [3.63, 3.8) is 0 Å². The lowest BCUT2D eigenvalue weighted by molar-refractivity contribution is -0.142. The molecule has 2 unspecified atom stereocenters. The molecule has 18 heavy (non-hydrogen) atoms. The topological polar surface area (TPSA) is 49.4 Å². The summed E-state index contributed by atoms with van der Waals surface area (Å²) in [5.74, 6) is 0.259. The van der Waals surface area contributed by atoms with Crippen LogP contribution in [0.3, 0.4) is 0 Å². The second-order valence-electron chi connectivity index (χ2n) is 6.47. The molecule has 1 aliphatic carbocycles. The van der Waals surface area contributed by atoms with Crippen molar-refractivity contribution < 1.29 is 9.59 Å². The predicted molar refractivity (Wildman–Crippen MR) is 67.8 cm³/mol. The summed E-state index contributed by atoms with van der Waals surface area (Å²) >= 11 is 0. The van der Waals surface area contributed by atoms with Crippen molar-refractivity contribution >= 4 is 11.8 Å². The van der Waals surface area contributed by atoms with Gasteiger partial charge in [0.05, 0.1) is 11.8 Å². The summed E-state index contributed by atoms with van der Waals surface area (Å²) in [6.45, 7) is 4.85. The normalized spacial score (nSPS) is 35.1. The Morgan fingerprint density at radius 3 is 2.28 bits per heavy atom. The number of rotatable bonds is 2. The highest BCUT2D eigenvalue weighted by molar-refractivity contribution is 6.05. The van der Waals surface area contributed by atoms with Gasteiger partial charge in [-0.05, 0) is 44.2 Å². The molecule has 4 nitrogen and oxygen atoms in total. The van der Waals surface area contributed by atoms with Crippen molar-refractivity contribution in [2.45, 2.75) is 39.0 Å².